The Morgan fingerprint density at radius 2 is 2.00 bits per heavy atom. The summed E-state index contributed by atoms with van der Waals surface area (Å²) in [5, 5.41) is 9.69. The van der Waals surface area contributed by atoms with Gasteiger partial charge >= 0.3 is 0 Å². The van der Waals surface area contributed by atoms with Crippen LogP contribution in [0.1, 0.15) is 23.0 Å². The maximum atomic E-state index is 12.4. The first-order valence-corrected chi connectivity index (χ1v) is 7.59. The molecule has 0 fully saturated rings. The van der Waals surface area contributed by atoms with E-state index in [-0.39, 0.29) is 12.3 Å². The lowest BCUT2D eigenvalue weighted by atomic mass is 10.0. The minimum atomic E-state index is -0.391. The van der Waals surface area contributed by atoms with Gasteiger partial charge in [0, 0.05) is 23.7 Å². The summed E-state index contributed by atoms with van der Waals surface area (Å²) < 4.78 is 5.44. The number of aromatic nitrogens is 3. The lowest BCUT2D eigenvalue weighted by Gasteiger charge is -2.21. The molecule has 1 aromatic carbocycles. The molecule has 6 heteroatoms. The molecule has 0 aliphatic carbocycles. The van der Waals surface area contributed by atoms with Gasteiger partial charge in [0.15, 0.2) is 0 Å². The maximum Gasteiger partial charge on any atom is 0.226 e. The molecule has 0 radical (unpaired) electrons. The topological polar surface area (TPSA) is 79.9 Å². The zero-order chi connectivity index (χ0) is 16.8. The number of rotatable bonds is 6. The second-order valence-electron chi connectivity index (χ2n) is 5.26. The third kappa shape index (κ3) is 3.60. The van der Waals surface area contributed by atoms with Crippen molar-refractivity contribution in [3.05, 3.63) is 77.9 Å². The van der Waals surface area contributed by atoms with Crippen LogP contribution in [0.15, 0.2) is 60.9 Å². The van der Waals surface area contributed by atoms with Crippen LogP contribution in [-0.2, 0) is 11.2 Å². The van der Waals surface area contributed by atoms with E-state index in [4.69, 9.17) is 4.74 Å². The standard InChI is InChI=1S/C18H18N4O2/c1-24-16-8-3-2-6-14(16)18(15-7-4-5-10-19-15)21-17(23)12-13-9-11-20-22-13/h2-11,18H,12H2,1H3,(H,20,22)(H,21,23)/t18-/m0/s1. The first-order chi connectivity index (χ1) is 11.8. The number of hydrogen-bond donors (Lipinski definition) is 2. The Morgan fingerprint density at radius 1 is 1.17 bits per heavy atom. The number of H-pyrrole nitrogens is 1. The summed E-state index contributed by atoms with van der Waals surface area (Å²) in [7, 11) is 1.61. The van der Waals surface area contributed by atoms with Crippen LogP contribution in [0.25, 0.3) is 0 Å². The van der Waals surface area contributed by atoms with Crippen LogP contribution in [0.5, 0.6) is 5.75 Å². The molecule has 0 aliphatic rings. The van der Waals surface area contributed by atoms with Crippen molar-refractivity contribution in [2.75, 3.05) is 7.11 Å². The average molecular weight is 322 g/mol. The van der Waals surface area contributed by atoms with Crippen molar-refractivity contribution in [1.82, 2.24) is 20.5 Å². The molecular weight excluding hydrogens is 304 g/mol. The highest BCUT2D eigenvalue weighted by atomic mass is 16.5. The summed E-state index contributed by atoms with van der Waals surface area (Å²) in [6.45, 7) is 0. The molecule has 0 aliphatic heterocycles. The normalized spacial score (nSPS) is 11.7. The molecule has 1 amide bonds. The van der Waals surface area contributed by atoms with E-state index in [9.17, 15) is 4.79 Å². The molecule has 122 valence electrons. The third-order valence-electron chi connectivity index (χ3n) is 3.65. The SMILES string of the molecule is COc1ccccc1[C@H](NC(=O)Cc1ccn[nH]1)c1ccccn1. The molecule has 0 saturated carbocycles. The molecule has 3 rings (SSSR count). The Balaban J connectivity index is 1.89. The van der Waals surface area contributed by atoms with Crippen LogP contribution in [-0.4, -0.2) is 28.2 Å². The van der Waals surface area contributed by atoms with Gasteiger partial charge in [0.05, 0.1) is 25.3 Å². The Kier molecular flexibility index (Phi) is 4.86. The number of amides is 1. The van der Waals surface area contributed by atoms with Gasteiger partial charge < -0.3 is 10.1 Å². The minimum Gasteiger partial charge on any atom is -0.496 e. The number of nitrogens with one attached hydrogen (secondary N) is 2. The van der Waals surface area contributed by atoms with Crippen LogP contribution in [0.3, 0.4) is 0 Å². The summed E-state index contributed by atoms with van der Waals surface area (Å²) in [5.41, 5.74) is 2.36. The fraction of sp³-hybridized carbons (Fsp3) is 0.167. The molecule has 3 aromatic rings. The Morgan fingerprint density at radius 3 is 2.71 bits per heavy atom. The van der Waals surface area contributed by atoms with E-state index in [0.29, 0.717) is 5.75 Å². The number of ether oxygens (including phenoxy) is 1. The smallest absolute Gasteiger partial charge is 0.226 e. The van der Waals surface area contributed by atoms with E-state index in [1.807, 2.05) is 42.5 Å². The van der Waals surface area contributed by atoms with Gasteiger partial charge in [-0.15, -0.1) is 0 Å². The molecule has 2 aromatic heterocycles. The first-order valence-electron chi connectivity index (χ1n) is 7.59. The zero-order valence-corrected chi connectivity index (χ0v) is 13.3. The van der Waals surface area contributed by atoms with Crippen molar-refractivity contribution in [2.24, 2.45) is 0 Å². The van der Waals surface area contributed by atoms with E-state index in [2.05, 4.69) is 20.5 Å². The number of benzene rings is 1. The minimum absolute atomic E-state index is 0.124. The highest BCUT2D eigenvalue weighted by molar-refractivity contribution is 5.79. The molecule has 0 saturated heterocycles. The number of methoxy groups -OCH3 is 1. The van der Waals surface area contributed by atoms with E-state index in [1.54, 1.807) is 25.6 Å². The quantitative estimate of drug-likeness (QED) is 0.729. The highest BCUT2D eigenvalue weighted by Crippen LogP contribution is 2.28. The second kappa shape index (κ2) is 7.41. The van der Waals surface area contributed by atoms with Crippen molar-refractivity contribution >= 4 is 5.91 Å². The summed E-state index contributed by atoms with van der Waals surface area (Å²) in [4.78, 5) is 16.8. The fourth-order valence-corrected chi connectivity index (χ4v) is 2.53. The maximum absolute atomic E-state index is 12.4. The predicted molar refractivity (Wildman–Crippen MR) is 89.5 cm³/mol. The zero-order valence-electron chi connectivity index (χ0n) is 13.3. The average Bonchev–Trinajstić information content (AvgIpc) is 3.13. The van der Waals surface area contributed by atoms with Gasteiger partial charge in [0.25, 0.3) is 0 Å². The van der Waals surface area contributed by atoms with Gasteiger partial charge in [-0.1, -0.05) is 24.3 Å². The third-order valence-corrected chi connectivity index (χ3v) is 3.65. The molecule has 1 atom stereocenters. The number of carbonyl (C=O) groups is 1. The largest absolute Gasteiger partial charge is 0.496 e. The Labute approximate surface area is 139 Å². The van der Waals surface area contributed by atoms with Crippen LogP contribution >= 0.6 is 0 Å². The second-order valence-corrected chi connectivity index (χ2v) is 5.26. The predicted octanol–water partition coefficient (Wildman–Crippen LogP) is 2.26. The van der Waals surface area contributed by atoms with Crippen molar-refractivity contribution < 1.29 is 9.53 Å². The molecular formula is C18H18N4O2. The Bertz CT molecular complexity index is 788. The summed E-state index contributed by atoms with van der Waals surface area (Å²) in [5.74, 6) is 0.579. The van der Waals surface area contributed by atoms with Crippen molar-refractivity contribution in [3.63, 3.8) is 0 Å². The van der Waals surface area contributed by atoms with E-state index in [0.717, 1.165) is 17.0 Å². The van der Waals surface area contributed by atoms with Gasteiger partial charge in [-0.3, -0.25) is 14.9 Å². The Hall–Kier alpha value is -3.15. The number of hydrogen-bond acceptors (Lipinski definition) is 4. The van der Waals surface area contributed by atoms with Gasteiger partial charge in [-0.05, 0) is 24.3 Å². The number of nitrogens with zero attached hydrogens (tertiary/aromatic N) is 2. The van der Waals surface area contributed by atoms with Gasteiger partial charge in [0.1, 0.15) is 5.75 Å². The lowest BCUT2D eigenvalue weighted by molar-refractivity contribution is -0.121. The number of para-hydroxylation sites is 1. The molecule has 0 unspecified atom stereocenters. The number of carbonyl (C=O) groups excluding carboxylic acids is 1. The van der Waals surface area contributed by atoms with Crippen LogP contribution < -0.4 is 10.1 Å². The lowest BCUT2D eigenvalue weighted by Crippen LogP contribution is -2.31. The monoisotopic (exact) mass is 322 g/mol. The van der Waals surface area contributed by atoms with Gasteiger partial charge in [-0.2, -0.15) is 5.10 Å². The molecule has 2 heterocycles. The molecule has 0 spiro atoms. The van der Waals surface area contributed by atoms with Crippen molar-refractivity contribution in [3.8, 4) is 5.75 Å². The van der Waals surface area contributed by atoms with Gasteiger partial charge in [0.2, 0.25) is 5.91 Å². The van der Waals surface area contributed by atoms with Crippen LogP contribution in [0.4, 0.5) is 0 Å². The van der Waals surface area contributed by atoms with E-state index in [1.165, 1.54) is 0 Å². The summed E-state index contributed by atoms with van der Waals surface area (Å²) in [6, 6.07) is 14.6. The summed E-state index contributed by atoms with van der Waals surface area (Å²) in [6.07, 6.45) is 3.55. The van der Waals surface area contributed by atoms with Crippen LogP contribution in [0.2, 0.25) is 0 Å². The molecule has 24 heavy (non-hydrogen) atoms. The highest BCUT2D eigenvalue weighted by Gasteiger charge is 2.21. The number of aromatic amines is 1. The van der Waals surface area contributed by atoms with E-state index < -0.39 is 6.04 Å². The van der Waals surface area contributed by atoms with Crippen molar-refractivity contribution in [2.45, 2.75) is 12.5 Å². The summed E-state index contributed by atoms with van der Waals surface area (Å²) >= 11 is 0. The van der Waals surface area contributed by atoms with Crippen LogP contribution in [0, 0.1) is 0 Å². The van der Waals surface area contributed by atoms with E-state index >= 15 is 0 Å². The molecule has 6 nitrogen and oxygen atoms in total. The fourth-order valence-electron chi connectivity index (χ4n) is 2.53. The first kappa shape index (κ1) is 15.7. The van der Waals surface area contributed by atoms with Crippen molar-refractivity contribution in [1.29, 1.82) is 0 Å². The molecule has 0 bridgehead atoms. The van der Waals surface area contributed by atoms with Gasteiger partial charge in [-0.25, -0.2) is 0 Å². The molecule has 2 N–H and O–H groups in total. The number of pyridine rings is 1.